The number of nitrogens with one attached hydrogen (secondary N) is 8. The monoisotopic (exact) mass is 959 g/mol. The highest BCUT2D eigenvalue weighted by Crippen LogP contribution is 2.10. The third-order valence-electron chi connectivity index (χ3n) is 9.57. The van der Waals surface area contributed by atoms with Crippen LogP contribution < -0.4 is 54.4 Å². The number of aromatic amines is 1. The molecule has 0 fully saturated rings. The van der Waals surface area contributed by atoms with Gasteiger partial charge in [-0.05, 0) is 31.7 Å². The van der Waals surface area contributed by atoms with Gasteiger partial charge in [0.05, 0.1) is 31.8 Å². The highest BCUT2D eigenvalue weighted by atomic mass is 16.4. The second-order valence-electron chi connectivity index (χ2n) is 15.1. The Morgan fingerprint density at radius 3 is 1.74 bits per heavy atom. The van der Waals surface area contributed by atoms with E-state index in [-0.39, 0.29) is 50.2 Å². The number of carboxylic acids is 3. The lowest BCUT2D eigenvalue weighted by Crippen LogP contribution is -2.60. The number of rotatable bonds is 31. The van der Waals surface area contributed by atoms with Crippen LogP contribution in [0.15, 0.2) is 47.8 Å². The molecule has 0 aliphatic carbocycles. The summed E-state index contributed by atoms with van der Waals surface area (Å²) in [7, 11) is 0. The highest BCUT2D eigenvalue weighted by molar-refractivity contribution is 5.98. The van der Waals surface area contributed by atoms with Crippen LogP contribution in [-0.2, 0) is 65.6 Å². The summed E-state index contributed by atoms with van der Waals surface area (Å²) in [6.45, 7) is 0.292. The van der Waals surface area contributed by atoms with Crippen molar-refractivity contribution in [2.24, 2.45) is 22.2 Å². The summed E-state index contributed by atoms with van der Waals surface area (Å²) in [5.74, 6) is -11.9. The lowest BCUT2D eigenvalue weighted by atomic mass is 10.0. The molecule has 8 atom stereocenters. The Morgan fingerprint density at radius 1 is 0.676 bits per heavy atom. The average molecular weight is 960 g/mol. The van der Waals surface area contributed by atoms with Crippen LogP contribution in [0.3, 0.4) is 0 Å². The number of aliphatic hydroxyl groups is 1. The van der Waals surface area contributed by atoms with E-state index in [9.17, 15) is 68.1 Å². The molecular formula is C40H57N13O15. The van der Waals surface area contributed by atoms with Crippen molar-refractivity contribution in [3.05, 3.63) is 54.1 Å². The van der Waals surface area contributed by atoms with Gasteiger partial charge < -0.3 is 84.6 Å². The van der Waals surface area contributed by atoms with E-state index in [2.05, 4.69) is 52.2 Å². The van der Waals surface area contributed by atoms with Crippen molar-refractivity contribution in [1.29, 1.82) is 0 Å². The molecule has 1 aromatic carbocycles. The molecule has 0 bridgehead atoms. The molecule has 0 unspecified atom stereocenters. The number of benzene rings is 1. The standard InChI is InChI=1S/C40H57N13O15/c1-20(47-34(63)24(41)14-31(58)59)33(62)49-26(9-10-30(56)57)36(65)51-27(12-21-6-3-2-4-7-21)38(67)50-25(8-5-11-45-40(42)43)35(64)52-28(13-22-16-44-19-46-22)39(68)53-29(15-32(60)61)37(66)48-23(17-54)18-55/h2-4,6-7,16-17,19-20,23-29,55H,5,8-15,18,41H2,1H3,(H,44,46)(H,47,63)(H,48,66)(H,49,62)(H,50,67)(H,51,65)(H,52,64)(H,53,68)(H,56,57)(H,58,59)(H,60,61)(H4,42,43,45)/t20-,23+,24-,25-,26-,27-,28-,29-/m0/s1. The fourth-order valence-electron chi connectivity index (χ4n) is 6.04. The van der Waals surface area contributed by atoms with Crippen LogP contribution in [0.1, 0.15) is 56.7 Å². The number of amides is 7. The average Bonchev–Trinajstić information content (AvgIpc) is 3.79. The van der Waals surface area contributed by atoms with Crippen molar-refractivity contribution in [3.63, 3.8) is 0 Å². The molecule has 1 heterocycles. The second kappa shape index (κ2) is 28.8. The van der Waals surface area contributed by atoms with Crippen LogP contribution in [0.2, 0.25) is 0 Å². The minimum atomic E-state index is -1.82. The maximum atomic E-state index is 14.3. The molecule has 0 aliphatic rings. The van der Waals surface area contributed by atoms with Gasteiger partial charge in [0.15, 0.2) is 5.96 Å². The maximum Gasteiger partial charge on any atom is 0.305 e. The molecule has 0 radical (unpaired) electrons. The molecule has 0 aliphatic heterocycles. The van der Waals surface area contributed by atoms with E-state index in [0.29, 0.717) is 5.56 Å². The lowest BCUT2D eigenvalue weighted by molar-refractivity contribution is -0.141. The number of hydrogen-bond donors (Lipinski definition) is 15. The van der Waals surface area contributed by atoms with E-state index in [1.807, 2.05) is 0 Å². The quantitative estimate of drug-likeness (QED) is 0.0145. The Labute approximate surface area is 387 Å². The predicted octanol–water partition coefficient (Wildman–Crippen LogP) is -6.01. The summed E-state index contributed by atoms with van der Waals surface area (Å²) in [5.41, 5.74) is 17.2. The first kappa shape index (κ1) is 56.1. The van der Waals surface area contributed by atoms with Gasteiger partial charge in [0.2, 0.25) is 41.4 Å². The minimum Gasteiger partial charge on any atom is -0.481 e. The Hall–Kier alpha value is -8.01. The van der Waals surface area contributed by atoms with E-state index in [4.69, 9.17) is 22.3 Å². The van der Waals surface area contributed by atoms with Crippen molar-refractivity contribution in [2.45, 2.75) is 107 Å². The van der Waals surface area contributed by atoms with Gasteiger partial charge in [-0.25, -0.2) is 4.98 Å². The fraction of sp³-hybridized carbons (Fsp3) is 0.475. The largest absolute Gasteiger partial charge is 0.481 e. The second-order valence-corrected chi connectivity index (χ2v) is 15.1. The molecule has 28 nitrogen and oxygen atoms in total. The summed E-state index contributed by atoms with van der Waals surface area (Å²) in [4.78, 5) is 151. The molecule has 2 aromatic rings. The number of nitrogens with zero attached hydrogens (tertiary/aromatic N) is 2. The molecule has 0 saturated carbocycles. The molecule has 2 rings (SSSR count). The normalized spacial score (nSPS) is 14.3. The van der Waals surface area contributed by atoms with Gasteiger partial charge in [0, 0.05) is 37.7 Å². The third kappa shape index (κ3) is 20.9. The van der Waals surface area contributed by atoms with Crippen LogP contribution >= 0.6 is 0 Å². The zero-order valence-electron chi connectivity index (χ0n) is 36.7. The summed E-state index contributed by atoms with van der Waals surface area (Å²) in [6, 6.07) is -4.41. The summed E-state index contributed by atoms with van der Waals surface area (Å²) < 4.78 is 0. The van der Waals surface area contributed by atoms with Gasteiger partial charge in [-0.2, -0.15) is 0 Å². The number of nitrogens with two attached hydrogens (primary N) is 3. The molecule has 18 N–H and O–H groups in total. The van der Waals surface area contributed by atoms with E-state index in [1.54, 1.807) is 30.3 Å². The van der Waals surface area contributed by atoms with Crippen molar-refractivity contribution in [1.82, 2.24) is 47.2 Å². The first-order valence-electron chi connectivity index (χ1n) is 20.8. The van der Waals surface area contributed by atoms with Crippen molar-refractivity contribution in [3.8, 4) is 0 Å². The van der Waals surface area contributed by atoms with Crippen LogP contribution in [0, 0.1) is 0 Å². The lowest BCUT2D eigenvalue weighted by Gasteiger charge is -2.27. The Balaban J connectivity index is 2.50. The van der Waals surface area contributed by atoms with Gasteiger partial charge in [-0.15, -0.1) is 0 Å². The Kier molecular flexibility index (Phi) is 23.8. The number of aliphatic carboxylic acids is 3. The van der Waals surface area contributed by atoms with Gasteiger partial charge >= 0.3 is 17.9 Å². The van der Waals surface area contributed by atoms with E-state index < -0.39 is 140 Å². The number of aliphatic imine (C=N–C) groups is 1. The number of hydrogen-bond acceptors (Lipinski definition) is 15. The van der Waals surface area contributed by atoms with Gasteiger partial charge in [-0.3, -0.25) is 52.9 Å². The summed E-state index contributed by atoms with van der Waals surface area (Å²) in [5, 5.41) is 53.5. The molecule has 0 spiro atoms. The molecule has 1 aromatic heterocycles. The zero-order chi connectivity index (χ0) is 50.9. The number of imidazole rings is 1. The fourth-order valence-corrected chi connectivity index (χ4v) is 6.04. The van der Waals surface area contributed by atoms with Crippen molar-refractivity contribution in [2.75, 3.05) is 13.2 Å². The Morgan fingerprint density at radius 2 is 1.21 bits per heavy atom. The summed E-state index contributed by atoms with van der Waals surface area (Å²) in [6.07, 6.45) is -0.951. The molecular weight excluding hydrogens is 903 g/mol. The molecule has 0 saturated heterocycles. The molecule has 372 valence electrons. The topological polar surface area (TPSA) is 472 Å². The highest BCUT2D eigenvalue weighted by Gasteiger charge is 2.34. The maximum absolute atomic E-state index is 14.3. The number of carbonyl (C=O) groups is 11. The zero-order valence-corrected chi connectivity index (χ0v) is 36.7. The van der Waals surface area contributed by atoms with Crippen molar-refractivity contribution >= 4 is 71.5 Å². The SMILES string of the molecule is C[C@H](NC(=O)[C@@H](N)CC(=O)O)C(=O)N[C@@H](CCC(=O)O)C(=O)N[C@@H](Cc1ccccc1)C(=O)N[C@@H](CCCN=C(N)N)C(=O)N[C@@H](Cc1cnc[nH]1)C(=O)N[C@@H](CC(=O)O)C(=O)N[C@H](C=O)CO. The van der Waals surface area contributed by atoms with Crippen LogP contribution in [-0.4, -0.2) is 163 Å². The van der Waals surface area contributed by atoms with E-state index >= 15 is 0 Å². The third-order valence-corrected chi connectivity index (χ3v) is 9.57. The summed E-state index contributed by atoms with van der Waals surface area (Å²) >= 11 is 0. The first-order valence-corrected chi connectivity index (χ1v) is 20.8. The number of carboxylic acid groups (broad SMARTS) is 3. The van der Waals surface area contributed by atoms with Crippen LogP contribution in [0.5, 0.6) is 0 Å². The number of H-pyrrole nitrogens is 1. The molecule has 68 heavy (non-hydrogen) atoms. The number of carbonyl (C=O) groups excluding carboxylic acids is 8. The number of aldehydes is 1. The van der Waals surface area contributed by atoms with Gasteiger partial charge in [0.1, 0.15) is 48.6 Å². The number of aromatic nitrogens is 2. The number of guanidine groups is 1. The molecule has 28 heteroatoms. The predicted molar refractivity (Wildman–Crippen MR) is 234 cm³/mol. The van der Waals surface area contributed by atoms with Gasteiger partial charge in [-0.1, -0.05) is 30.3 Å². The smallest absolute Gasteiger partial charge is 0.305 e. The van der Waals surface area contributed by atoms with Crippen LogP contribution in [0.4, 0.5) is 0 Å². The van der Waals surface area contributed by atoms with E-state index in [1.165, 1.54) is 19.4 Å². The first-order chi connectivity index (χ1) is 32.1. The van der Waals surface area contributed by atoms with Crippen LogP contribution in [0.25, 0.3) is 0 Å². The Bertz CT molecular complexity index is 2100. The molecule has 7 amide bonds. The van der Waals surface area contributed by atoms with Gasteiger partial charge in [0.25, 0.3) is 0 Å². The van der Waals surface area contributed by atoms with Crippen molar-refractivity contribution < 1.29 is 73.2 Å². The number of aliphatic hydroxyl groups excluding tert-OH is 1. The van der Waals surface area contributed by atoms with E-state index in [0.717, 1.165) is 0 Å². The minimum absolute atomic E-state index is 0.0340.